The van der Waals surface area contributed by atoms with Gasteiger partial charge in [0.25, 0.3) is 5.91 Å². The molecule has 4 nitrogen and oxygen atoms in total. The van der Waals surface area contributed by atoms with Crippen molar-refractivity contribution >= 4 is 5.91 Å². The van der Waals surface area contributed by atoms with Gasteiger partial charge in [-0.2, -0.15) is 0 Å². The van der Waals surface area contributed by atoms with Gasteiger partial charge in [-0.15, -0.1) is 0 Å². The van der Waals surface area contributed by atoms with E-state index < -0.39 is 0 Å². The van der Waals surface area contributed by atoms with Crippen molar-refractivity contribution in [3.05, 3.63) is 102 Å². The SMILES string of the molecule is CCCCc1ccc(-c2nc(-c3ccccc3)n(CC)c2C(=O)N[C@@H](CC)c2ccccc2)cc1. The monoisotopic (exact) mass is 465 g/mol. The summed E-state index contributed by atoms with van der Waals surface area (Å²) in [4.78, 5) is 18.9. The molecule has 0 aliphatic carbocycles. The maximum atomic E-state index is 13.8. The number of carbonyl (C=O) groups is 1. The van der Waals surface area contributed by atoms with Gasteiger partial charge in [-0.3, -0.25) is 4.79 Å². The minimum absolute atomic E-state index is 0.0617. The van der Waals surface area contributed by atoms with Gasteiger partial charge in [0.2, 0.25) is 0 Å². The Hall–Kier alpha value is -3.66. The number of benzene rings is 3. The number of hydrogen-bond acceptors (Lipinski definition) is 2. The van der Waals surface area contributed by atoms with E-state index in [2.05, 4.69) is 62.5 Å². The Labute approximate surface area is 209 Å². The summed E-state index contributed by atoms with van der Waals surface area (Å²) in [5.74, 6) is 0.721. The van der Waals surface area contributed by atoms with Crippen LogP contribution in [0.5, 0.6) is 0 Å². The van der Waals surface area contributed by atoms with E-state index in [0.29, 0.717) is 12.2 Å². The number of nitrogens with one attached hydrogen (secondary N) is 1. The first-order valence-corrected chi connectivity index (χ1v) is 12.8. The lowest BCUT2D eigenvalue weighted by molar-refractivity contribution is 0.0927. The van der Waals surface area contributed by atoms with Gasteiger partial charge in [0.15, 0.2) is 0 Å². The molecule has 180 valence electrons. The van der Waals surface area contributed by atoms with Crippen molar-refractivity contribution in [3.8, 4) is 22.6 Å². The topological polar surface area (TPSA) is 46.9 Å². The third kappa shape index (κ3) is 5.54. The van der Waals surface area contributed by atoms with Crippen LogP contribution in [0.4, 0.5) is 0 Å². The zero-order valence-electron chi connectivity index (χ0n) is 21.0. The highest BCUT2D eigenvalue weighted by atomic mass is 16.2. The minimum atomic E-state index is -0.0951. The molecule has 0 saturated heterocycles. The molecule has 4 heteroatoms. The molecule has 0 aliphatic heterocycles. The summed E-state index contributed by atoms with van der Waals surface area (Å²) in [5, 5.41) is 3.29. The number of imidazole rings is 1. The van der Waals surface area contributed by atoms with Gasteiger partial charge in [0.05, 0.1) is 6.04 Å². The number of rotatable bonds is 10. The van der Waals surface area contributed by atoms with E-state index in [1.165, 1.54) is 18.4 Å². The average molecular weight is 466 g/mol. The summed E-state index contributed by atoms with van der Waals surface area (Å²) in [6.07, 6.45) is 4.22. The van der Waals surface area contributed by atoms with E-state index in [0.717, 1.165) is 41.1 Å². The van der Waals surface area contributed by atoms with Crippen molar-refractivity contribution < 1.29 is 4.79 Å². The maximum Gasteiger partial charge on any atom is 0.270 e. The lowest BCUT2D eigenvalue weighted by atomic mass is 10.0. The second kappa shape index (κ2) is 11.7. The van der Waals surface area contributed by atoms with Crippen molar-refractivity contribution in [1.29, 1.82) is 0 Å². The van der Waals surface area contributed by atoms with Gasteiger partial charge in [-0.05, 0) is 37.3 Å². The average Bonchev–Trinajstić information content (AvgIpc) is 3.31. The van der Waals surface area contributed by atoms with Gasteiger partial charge in [-0.1, -0.05) is 105 Å². The molecule has 1 amide bonds. The molecule has 3 aromatic carbocycles. The fourth-order valence-corrected chi connectivity index (χ4v) is 4.54. The molecular weight excluding hydrogens is 430 g/mol. The summed E-state index contributed by atoms with van der Waals surface area (Å²) in [7, 11) is 0. The van der Waals surface area contributed by atoms with Crippen LogP contribution in [-0.4, -0.2) is 15.5 Å². The molecule has 0 saturated carbocycles. The Kier molecular flexibility index (Phi) is 8.15. The van der Waals surface area contributed by atoms with E-state index >= 15 is 0 Å². The molecule has 0 bridgehead atoms. The molecule has 0 unspecified atom stereocenters. The number of unbranched alkanes of at least 4 members (excludes halogenated alkanes) is 1. The van der Waals surface area contributed by atoms with Crippen LogP contribution in [0.25, 0.3) is 22.6 Å². The normalized spacial score (nSPS) is 11.9. The predicted molar refractivity (Wildman–Crippen MR) is 144 cm³/mol. The largest absolute Gasteiger partial charge is 0.344 e. The Morgan fingerprint density at radius 3 is 2.11 bits per heavy atom. The number of carbonyl (C=O) groups excluding carboxylic acids is 1. The van der Waals surface area contributed by atoms with Crippen molar-refractivity contribution in [2.75, 3.05) is 0 Å². The van der Waals surface area contributed by atoms with Gasteiger partial charge < -0.3 is 9.88 Å². The molecule has 4 aromatic rings. The second-order valence-corrected chi connectivity index (χ2v) is 8.89. The molecule has 0 radical (unpaired) electrons. The second-order valence-electron chi connectivity index (χ2n) is 8.89. The van der Waals surface area contributed by atoms with Crippen LogP contribution >= 0.6 is 0 Å². The summed E-state index contributed by atoms with van der Waals surface area (Å²) in [6.45, 7) is 7.02. The summed E-state index contributed by atoms with van der Waals surface area (Å²) < 4.78 is 2.04. The number of aromatic nitrogens is 2. The Bertz CT molecular complexity index is 1230. The molecular formula is C31H35N3O. The number of amides is 1. The van der Waals surface area contributed by atoms with Crippen molar-refractivity contribution in [2.45, 2.75) is 59.0 Å². The highest BCUT2D eigenvalue weighted by Gasteiger charge is 2.26. The lowest BCUT2D eigenvalue weighted by Crippen LogP contribution is -2.30. The standard InChI is InChI=1S/C31H35N3O/c1-4-7-14-23-19-21-25(22-20-23)28-29(31(35)32-27(5-2)24-15-10-8-11-16-24)34(6-3)30(33-28)26-17-12-9-13-18-26/h8-13,15-22,27H,4-7,14H2,1-3H3,(H,32,35)/t27-/m0/s1. The predicted octanol–water partition coefficient (Wildman–Crippen LogP) is 7.46. The minimum Gasteiger partial charge on any atom is -0.344 e. The smallest absolute Gasteiger partial charge is 0.270 e. The quantitative estimate of drug-likeness (QED) is 0.264. The van der Waals surface area contributed by atoms with Crippen LogP contribution in [0.1, 0.15) is 67.7 Å². The summed E-state index contributed by atoms with van der Waals surface area (Å²) in [5.41, 5.74) is 5.73. The van der Waals surface area contributed by atoms with Crippen molar-refractivity contribution in [2.24, 2.45) is 0 Å². The molecule has 1 heterocycles. The van der Waals surface area contributed by atoms with Gasteiger partial charge in [0, 0.05) is 17.7 Å². The fraction of sp³-hybridized carbons (Fsp3) is 0.290. The summed E-state index contributed by atoms with van der Waals surface area (Å²) >= 11 is 0. The first-order valence-electron chi connectivity index (χ1n) is 12.8. The van der Waals surface area contributed by atoms with Crippen LogP contribution in [0.15, 0.2) is 84.9 Å². The van der Waals surface area contributed by atoms with Crippen LogP contribution in [0, 0.1) is 0 Å². The van der Waals surface area contributed by atoms with Gasteiger partial charge in [0.1, 0.15) is 17.2 Å². The number of aryl methyl sites for hydroxylation is 1. The zero-order valence-corrected chi connectivity index (χ0v) is 21.0. The highest BCUT2D eigenvalue weighted by Crippen LogP contribution is 2.31. The molecule has 0 fully saturated rings. The first kappa shape index (κ1) is 24.5. The van der Waals surface area contributed by atoms with Crippen LogP contribution in [0.2, 0.25) is 0 Å². The van der Waals surface area contributed by atoms with Crippen LogP contribution in [0.3, 0.4) is 0 Å². The van der Waals surface area contributed by atoms with E-state index in [-0.39, 0.29) is 11.9 Å². The molecule has 35 heavy (non-hydrogen) atoms. The van der Waals surface area contributed by atoms with E-state index in [9.17, 15) is 4.79 Å². The molecule has 0 spiro atoms. The third-order valence-electron chi connectivity index (χ3n) is 6.49. The van der Waals surface area contributed by atoms with Crippen LogP contribution < -0.4 is 5.32 Å². The molecule has 1 aromatic heterocycles. The zero-order chi connectivity index (χ0) is 24.6. The third-order valence-corrected chi connectivity index (χ3v) is 6.49. The van der Waals surface area contributed by atoms with E-state index in [1.807, 2.05) is 53.1 Å². The number of hydrogen-bond donors (Lipinski definition) is 1. The Morgan fingerprint density at radius 1 is 0.857 bits per heavy atom. The lowest BCUT2D eigenvalue weighted by Gasteiger charge is -2.19. The Balaban J connectivity index is 1.78. The maximum absolute atomic E-state index is 13.8. The molecule has 1 atom stereocenters. The molecule has 1 N–H and O–H groups in total. The molecule has 4 rings (SSSR count). The van der Waals surface area contributed by atoms with Crippen LogP contribution in [-0.2, 0) is 13.0 Å². The number of nitrogens with zero attached hydrogens (tertiary/aromatic N) is 2. The van der Waals surface area contributed by atoms with E-state index in [4.69, 9.17) is 4.98 Å². The van der Waals surface area contributed by atoms with Gasteiger partial charge >= 0.3 is 0 Å². The fourth-order valence-electron chi connectivity index (χ4n) is 4.54. The first-order chi connectivity index (χ1) is 17.2. The van der Waals surface area contributed by atoms with Gasteiger partial charge in [-0.25, -0.2) is 4.98 Å². The molecule has 0 aliphatic rings. The van der Waals surface area contributed by atoms with E-state index in [1.54, 1.807) is 0 Å². The van der Waals surface area contributed by atoms with Crippen molar-refractivity contribution in [3.63, 3.8) is 0 Å². The Morgan fingerprint density at radius 2 is 1.51 bits per heavy atom. The van der Waals surface area contributed by atoms with Crippen molar-refractivity contribution in [1.82, 2.24) is 14.9 Å². The highest BCUT2D eigenvalue weighted by molar-refractivity contribution is 5.99. The summed E-state index contributed by atoms with van der Waals surface area (Å²) in [6, 6.07) is 28.7.